The predicted molar refractivity (Wildman–Crippen MR) is 74.2 cm³/mol. The third-order valence-corrected chi connectivity index (χ3v) is 3.39. The fourth-order valence-electron chi connectivity index (χ4n) is 2.45. The molecule has 84 valence electrons. The highest BCUT2D eigenvalue weighted by molar-refractivity contribution is 6.31. The van der Waals surface area contributed by atoms with Gasteiger partial charge in [-0.2, -0.15) is 0 Å². The highest BCUT2D eigenvalue weighted by Crippen LogP contribution is 2.36. The molecule has 0 spiro atoms. The Bertz CT molecular complexity index is 594. The van der Waals surface area contributed by atoms with Crippen molar-refractivity contribution in [1.29, 1.82) is 0 Å². The van der Waals surface area contributed by atoms with Crippen LogP contribution in [0.25, 0.3) is 17.2 Å². The topological polar surface area (TPSA) is 0 Å². The summed E-state index contributed by atoms with van der Waals surface area (Å²) < 4.78 is 0. The van der Waals surface area contributed by atoms with Gasteiger partial charge in [-0.15, -0.1) is 0 Å². The first-order valence-corrected chi connectivity index (χ1v) is 6.17. The highest BCUT2D eigenvalue weighted by Gasteiger charge is 2.15. The van der Waals surface area contributed by atoms with E-state index >= 15 is 0 Å². The Hall–Kier alpha value is -1.53. The average molecular weight is 241 g/mol. The summed E-state index contributed by atoms with van der Waals surface area (Å²) in [4.78, 5) is 0. The summed E-state index contributed by atoms with van der Waals surface area (Å²) in [6, 6.07) is 14.6. The molecule has 0 saturated carbocycles. The fourth-order valence-corrected chi connectivity index (χ4v) is 2.69. The molecule has 0 heterocycles. The quantitative estimate of drug-likeness (QED) is 0.661. The van der Waals surface area contributed by atoms with Crippen molar-refractivity contribution in [3.05, 3.63) is 64.2 Å². The Morgan fingerprint density at radius 3 is 2.59 bits per heavy atom. The van der Waals surface area contributed by atoms with Gasteiger partial charge >= 0.3 is 0 Å². The third-order valence-electron chi connectivity index (χ3n) is 3.18. The van der Waals surface area contributed by atoms with E-state index in [2.05, 4.69) is 49.4 Å². The van der Waals surface area contributed by atoms with Gasteiger partial charge in [0.1, 0.15) is 0 Å². The second-order valence-electron chi connectivity index (χ2n) is 4.56. The molecule has 0 nitrogen and oxygen atoms in total. The van der Waals surface area contributed by atoms with Gasteiger partial charge in [-0.05, 0) is 47.7 Å². The van der Waals surface area contributed by atoms with Gasteiger partial charge in [0.25, 0.3) is 0 Å². The maximum atomic E-state index is 6.20. The van der Waals surface area contributed by atoms with E-state index in [4.69, 9.17) is 11.6 Å². The monoisotopic (exact) mass is 240 g/mol. The zero-order valence-electron chi connectivity index (χ0n) is 9.70. The lowest BCUT2D eigenvalue weighted by Crippen LogP contribution is -1.88. The Kier molecular flexibility index (Phi) is 2.53. The minimum atomic E-state index is 0.825. The molecule has 0 bridgehead atoms. The maximum Gasteiger partial charge on any atom is 0.0415 e. The van der Waals surface area contributed by atoms with E-state index in [1.807, 2.05) is 6.07 Å². The highest BCUT2D eigenvalue weighted by atomic mass is 35.5. The van der Waals surface area contributed by atoms with Crippen molar-refractivity contribution in [2.45, 2.75) is 13.3 Å². The van der Waals surface area contributed by atoms with Crippen molar-refractivity contribution in [3.63, 3.8) is 0 Å². The number of allylic oxidation sites excluding steroid dienone is 1. The zero-order chi connectivity index (χ0) is 11.8. The lowest BCUT2D eigenvalue weighted by molar-refractivity contribution is 1.20. The van der Waals surface area contributed by atoms with Gasteiger partial charge in [0, 0.05) is 5.02 Å². The molecular formula is C16H13Cl. The number of fused-ring (bicyclic) bond motifs is 1. The summed E-state index contributed by atoms with van der Waals surface area (Å²) in [5.74, 6) is 0. The van der Waals surface area contributed by atoms with Gasteiger partial charge in [-0.3, -0.25) is 0 Å². The number of hydrogen-bond donors (Lipinski definition) is 0. The second-order valence-corrected chi connectivity index (χ2v) is 5.00. The number of benzene rings is 2. The zero-order valence-corrected chi connectivity index (χ0v) is 10.5. The molecule has 1 aliphatic rings. The molecule has 0 atom stereocenters. The lowest BCUT2D eigenvalue weighted by atomic mass is 9.97. The van der Waals surface area contributed by atoms with Crippen molar-refractivity contribution in [2.75, 3.05) is 0 Å². The van der Waals surface area contributed by atoms with E-state index < -0.39 is 0 Å². The van der Waals surface area contributed by atoms with Crippen LogP contribution >= 0.6 is 11.6 Å². The normalized spacial score (nSPS) is 13.4. The largest absolute Gasteiger partial charge is 0.0843 e. The molecular weight excluding hydrogens is 228 g/mol. The van der Waals surface area contributed by atoms with Gasteiger partial charge in [-0.25, -0.2) is 0 Å². The minimum Gasteiger partial charge on any atom is -0.0843 e. The van der Waals surface area contributed by atoms with Crippen LogP contribution < -0.4 is 0 Å². The first-order valence-electron chi connectivity index (χ1n) is 5.79. The lowest BCUT2D eigenvalue weighted by Gasteiger charge is -2.09. The first-order chi connectivity index (χ1) is 8.24. The van der Waals surface area contributed by atoms with E-state index in [0.29, 0.717) is 0 Å². The van der Waals surface area contributed by atoms with Crippen LogP contribution in [0.15, 0.2) is 48.0 Å². The molecule has 0 unspecified atom stereocenters. The predicted octanol–water partition coefficient (Wildman–Crippen LogP) is 4.97. The minimum absolute atomic E-state index is 0.825. The van der Waals surface area contributed by atoms with E-state index in [-0.39, 0.29) is 0 Å². The molecule has 0 N–H and O–H groups in total. The average Bonchev–Trinajstić information content (AvgIpc) is 2.69. The third kappa shape index (κ3) is 1.89. The number of hydrogen-bond acceptors (Lipinski definition) is 0. The summed E-state index contributed by atoms with van der Waals surface area (Å²) in [7, 11) is 0. The molecule has 0 aliphatic heterocycles. The molecule has 0 fully saturated rings. The molecule has 0 aromatic heterocycles. The van der Waals surface area contributed by atoms with Crippen LogP contribution in [0.1, 0.15) is 18.1 Å². The molecule has 17 heavy (non-hydrogen) atoms. The molecule has 0 radical (unpaired) electrons. The van der Waals surface area contributed by atoms with E-state index in [1.165, 1.54) is 27.8 Å². The van der Waals surface area contributed by atoms with Gasteiger partial charge < -0.3 is 0 Å². The van der Waals surface area contributed by atoms with Crippen LogP contribution in [0.2, 0.25) is 5.02 Å². The molecule has 1 heteroatoms. The summed E-state index contributed by atoms with van der Waals surface area (Å²) >= 11 is 6.20. The van der Waals surface area contributed by atoms with Crippen molar-refractivity contribution in [1.82, 2.24) is 0 Å². The van der Waals surface area contributed by atoms with Crippen LogP contribution in [-0.4, -0.2) is 0 Å². The first kappa shape index (κ1) is 10.6. The second kappa shape index (κ2) is 4.05. The van der Waals surface area contributed by atoms with Gasteiger partial charge in [0.05, 0.1) is 0 Å². The van der Waals surface area contributed by atoms with Gasteiger partial charge in [0.2, 0.25) is 0 Å². The molecule has 3 rings (SSSR count). The maximum absolute atomic E-state index is 6.20. The van der Waals surface area contributed by atoms with E-state index in [9.17, 15) is 0 Å². The van der Waals surface area contributed by atoms with E-state index in [1.54, 1.807) is 0 Å². The van der Waals surface area contributed by atoms with Crippen LogP contribution in [0, 0.1) is 0 Å². The Morgan fingerprint density at radius 1 is 1.06 bits per heavy atom. The van der Waals surface area contributed by atoms with Crippen LogP contribution in [0.5, 0.6) is 0 Å². The number of rotatable bonds is 1. The van der Waals surface area contributed by atoms with Gasteiger partial charge in [0.15, 0.2) is 0 Å². The molecule has 0 saturated heterocycles. The number of halogens is 1. The fraction of sp³-hybridized carbons (Fsp3) is 0.125. The van der Waals surface area contributed by atoms with Crippen molar-refractivity contribution in [2.24, 2.45) is 0 Å². The summed E-state index contributed by atoms with van der Waals surface area (Å²) in [6.07, 6.45) is 3.30. The van der Waals surface area contributed by atoms with Crippen molar-refractivity contribution in [3.8, 4) is 11.1 Å². The van der Waals surface area contributed by atoms with Crippen LogP contribution in [0.4, 0.5) is 0 Å². The standard InChI is InChI=1S/C16H13Cl/c1-11-7-13-9-14(17)10-16(15(13)8-11)12-5-3-2-4-6-12/h2-6,8-10H,7H2,1H3. The van der Waals surface area contributed by atoms with Gasteiger partial charge in [-0.1, -0.05) is 53.6 Å². The Morgan fingerprint density at radius 2 is 1.82 bits per heavy atom. The summed E-state index contributed by atoms with van der Waals surface area (Å²) in [6.45, 7) is 2.17. The molecule has 2 aromatic carbocycles. The SMILES string of the molecule is CC1=Cc2c(cc(Cl)cc2-c2ccccc2)C1. The van der Waals surface area contributed by atoms with E-state index in [0.717, 1.165) is 11.4 Å². The van der Waals surface area contributed by atoms with Crippen LogP contribution in [0.3, 0.4) is 0 Å². The molecule has 0 amide bonds. The molecule has 2 aromatic rings. The summed E-state index contributed by atoms with van der Waals surface area (Å²) in [5.41, 5.74) is 6.55. The van der Waals surface area contributed by atoms with Crippen LogP contribution in [-0.2, 0) is 6.42 Å². The summed E-state index contributed by atoms with van der Waals surface area (Å²) in [5, 5.41) is 0.825. The van der Waals surface area contributed by atoms with Crippen molar-refractivity contribution < 1.29 is 0 Å². The van der Waals surface area contributed by atoms with Crippen molar-refractivity contribution >= 4 is 17.7 Å². The molecule has 1 aliphatic carbocycles. The Balaban J connectivity index is 2.24. The smallest absolute Gasteiger partial charge is 0.0415 e. The Labute approximate surface area is 107 Å².